The highest BCUT2D eigenvalue weighted by molar-refractivity contribution is 9.11. The summed E-state index contributed by atoms with van der Waals surface area (Å²) in [4.78, 5) is 2.00. The number of halogens is 2. The number of rotatable bonds is 4. The largest absolute Gasteiger partial charge is 0.146 e. The van der Waals surface area contributed by atoms with Gasteiger partial charge in [0.1, 0.15) is 0 Å². The van der Waals surface area contributed by atoms with Gasteiger partial charge in [-0.2, -0.15) is 0 Å². The van der Waals surface area contributed by atoms with Gasteiger partial charge < -0.3 is 0 Å². The first kappa shape index (κ1) is 14.1. The fourth-order valence-electron chi connectivity index (χ4n) is 3.22. The summed E-state index contributed by atoms with van der Waals surface area (Å²) in [5.41, 5.74) is 0.488. The fraction of sp³-hybridized carbons (Fsp3) is 0.714. The van der Waals surface area contributed by atoms with E-state index in [4.69, 9.17) is 0 Å². The van der Waals surface area contributed by atoms with Gasteiger partial charge in [-0.3, -0.25) is 0 Å². The average Bonchev–Trinajstić information content (AvgIpc) is 2.86. The van der Waals surface area contributed by atoms with Gasteiger partial charge in [0.15, 0.2) is 0 Å². The molecule has 1 heterocycles. The van der Waals surface area contributed by atoms with Crippen molar-refractivity contribution in [3.05, 3.63) is 20.8 Å². The monoisotopic (exact) mass is 378 g/mol. The predicted molar refractivity (Wildman–Crippen MR) is 84.0 cm³/mol. The molecule has 1 unspecified atom stereocenters. The predicted octanol–water partition coefficient (Wildman–Crippen LogP) is 6.55. The maximum Gasteiger partial charge on any atom is 0.0556 e. The van der Waals surface area contributed by atoms with Crippen molar-refractivity contribution >= 4 is 43.2 Å². The van der Waals surface area contributed by atoms with Gasteiger partial charge in [0.25, 0.3) is 0 Å². The third kappa shape index (κ3) is 2.98. The van der Waals surface area contributed by atoms with Crippen LogP contribution >= 0.6 is 43.2 Å². The van der Waals surface area contributed by atoms with Gasteiger partial charge in [-0.15, -0.1) is 11.3 Å². The lowest BCUT2D eigenvalue weighted by Gasteiger charge is -2.35. The molecule has 0 aliphatic heterocycles. The van der Waals surface area contributed by atoms with Crippen LogP contribution in [0, 0.1) is 11.3 Å². The summed E-state index contributed by atoms with van der Waals surface area (Å²) in [5, 5.41) is 2.19. The van der Waals surface area contributed by atoms with Crippen molar-refractivity contribution in [2.45, 2.75) is 50.8 Å². The minimum absolute atomic E-state index is 0.488. The van der Waals surface area contributed by atoms with Gasteiger partial charge in [0.2, 0.25) is 0 Å². The SMILES string of the molecule is CC(C)CC1(C(Br)c2sccc2Br)CCCC1. The minimum Gasteiger partial charge on any atom is -0.146 e. The number of hydrogen-bond acceptors (Lipinski definition) is 1. The standard InChI is InChI=1S/C14H20Br2S/c1-10(2)9-14(6-3-4-7-14)13(16)12-11(15)5-8-17-12/h5,8,10,13H,3-4,6-7,9H2,1-2H3. The van der Waals surface area contributed by atoms with Crippen LogP contribution in [0.25, 0.3) is 0 Å². The minimum atomic E-state index is 0.488. The molecule has 2 rings (SSSR count). The zero-order chi connectivity index (χ0) is 12.5. The second-order valence-corrected chi connectivity index (χ2v) is 8.38. The third-order valence-corrected chi connectivity index (χ3v) is 7.49. The molecule has 1 aliphatic rings. The first-order chi connectivity index (χ1) is 8.05. The molecule has 0 radical (unpaired) electrons. The van der Waals surface area contributed by atoms with Crippen molar-refractivity contribution in [1.29, 1.82) is 0 Å². The van der Waals surface area contributed by atoms with E-state index in [0.29, 0.717) is 10.2 Å². The molecule has 1 aliphatic carbocycles. The Morgan fingerprint density at radius 1 is 1.35 bits per heavy atom. The fourth-order valence-corrected chi connectivity index (χ4v) is 6.46. The molecule has 0 bridgehead atoms. The summed E-state index contributed by atoms with van der Waals surface area (Å²) >= 11 is 9.57. The Kier molecular flexibility index (Phi) is 4.76. The molecule has 0 nitrogen and oxygen atoms in total. The second-order valence-electron chi connectivity index (χ2n) is 5.66. The maximum atomic E-state index is 4.01. The lowest BCUT2D eigenvalue weighted by atomic mass is 9.75. The topological polar surface area (TPSA) is 0 Å². The van der Waals surface area contributed by atoms with E-state index in [1.54, 1.807) is 0 Å². The highest BCUT2D eigenvalue weighted by Crippen LogP contribution is 2.57. The van der Waals surface area contributed by atoms with Crippen molar-refractivity contribution in [2.24, 2.45) is 11.3 Å². The Morgan fingerprint density at radius 3 is 2.47 bits per heavy atom. The van der Waals surface area contributed by atoms with Gasteiger partial charge >= 0.3 is 0 Å². The Hall–Kier alpha value is 0.660. The Bertz CT molecular complexity index is 364. The van der Waals surface area contributed by atoms with Crippen LogP contribution in [0.2, 0.25) is 0 Å². The highest BCUT2D eigenvalue weighted by atomic mass is 79.9. The molecule has 96 valence electrons. The van der Waals surface area contributed by atoms with Crippen LogP contribution in [0.5, 0.6) is 0 Å². The molecule has 0 aromatic carbocycles. The summed E-state index contributed by atoms with van der Waals surface area (Å²) in [5.74, 6) is 0.784. The summed E-state index contributed by atoms with van der Waals surface area (Å²) in [7, 11) is 0. The molecule has 0 N–H and O–H groups in total. The first-order valence-electron chi connectivity index (χ1n) is 6.42. The van der Waals surface area contributed by atoms with E-state index in [9.17, 15) is 0 Å². The Balaban J connectivity index is 2.24. The molecular weight excluding hydrogens is 360 g/mol. The van der Waals surface area contributed by atoms with Crippen molar-refractivity contribution in [3.63, 3.8) is 0 Å². The van der Waals surface area contributed by atoms with Gasteiger partial charge in [-0.1, -0.05) is 42.6 Å². The quantitative estimate of drug-likeness (QED) is 0.520. The van der Waals surface area contributed by atoms with E-state index in [1.165, 1.54) is 41.5 Å². The van der Waals surface area contributed by atoms with Crippen molar-refractivity contribution in [3.8, 4) is 0 Å². The molecule has 1 fully saturated rings. The van der Waals surface area contributed by atoms with Gasteiger partial charge in [-0.25, -0.2) is 0 Å². The summed E-state index contributed by atoms with van der Waals surface area (Å²) in [6.45, 7) is 4.70. The second kappa shape index (κ2) is 5.75. The van der Waals surface area contributed by atoms with E-state index in [1.807, 2.05) is 11.3 Å². The lowest BCUT2D eigenvalue weighted by molar-refractivity contribution is 0.231. The van der Waals surface area contributed by atoms with Gasteiger partial charge in [-0.05, 0) is 58.0 Å². The number of thiophene rings is 1. The van der Waals surface area contributed by atoms with Crippen LogP contribution < -0.4 is 0 Å². The molecule has 1 aromatic rings. The van der Waals surface area contributed by atoms with Gasteiger partial charge in [0.05, 0.1) is 4.83 Å². The van der Waals surface area contributed by atoms with Crippen LogP contribution in [0.1, 0.15) is 55.7 Å². The molecule has 1 atom stereocenters. The van der Waals surface area contributed by atoms with Crippen molar-refractivity contribution < 1.29 is 0 Å². The molecule has 0 amide bonds. The molecule has 1 saturated carbocycles. The average molecular weight is 380 g/mol. The number of hydrogen-bond donors (Lipinski definition) is 0. The molecule has 0 saturated heterocycles. The van der Waals surface area contributed by atoms with Crippen LogP contribution in [0.4, 0.5) is 0 Å². The Morgan fingerprint density at radius 2 is 2.00 bits per heavy atom. The van der Waals surface area contributed by atoms with Crippen molar-refractivity contribution in [2.75, 3.05) is 0 Å². The first-order valence-corrected chi connectivity index (χ1v) is 9.01. The van der Waals surface area contributed by atoms with E-state index in [0.717, 1.165) is 5.92 Å². The third-order valence-electron chi connectivity index (χ3n) is 3.83. The number of alkyl halides is 1. The van der Waals surface area contributed by atoms with E-state index < -0.39 is 0 Å². The zero-order valence-electron chi connectivity index (χ0n) is 10.5. The zero-order valence-corrected chi connectivity index (χ0v) is 14.5. The molecular formula is C14H20Br2S. The lowest BCUT2D eigenvalue weighted by Crippen LogP contribution is -2.24. The summed E-state index contributed by atoms with van der Waals surface area (Å²) in [6, 6.07) is 2.17. The van der Waals surface area contributed by atoms with Crippen molar-refractivity contribution in [1.82, 2.24) is 0 Å². The normalized spacial score (nSPS) is 21.0. The molecule has 1 aromatic heterocycles. The molecule has 0 spiro atoms. The maximum absolute atomic E-state index is 4.01. The van der Waals surface area contributed by atoms with Crippen LogP contribution in [0.15, 0.2) is 15.9 Å². The summed E-state index contributed by atoms with van der Waals surface area (Å²) < 4.78 is 1.28. The smallest absolute Gasteiger partial charge is 0.0556 e. The van der Waals surface area contributed by atoms with E-state index in [-0.39, 0.29) is 0 Å². The molecule has 17 heavy (non-hydrogen) atoms. The molecule has 3 heteroatoms. The van der Waals surface area contributed by atoms with Crippen LogP contribution in [0.3, 0.4) is 0 Å². The van der Waals surface area contributed by atoms with Crippen LogP contribution in [-0.2, 0) is 0 Å². The highest BCUT2D eigenvalue weighted by Gasteiger charge is 2.42. The van der Waals surface area contributed by atoms with Gasteiger partial charge in [0, 0.05) is 9.35 Å². The van der Waals surface area contributed by atoms with Crippen LogP contribution in [-0.4, -0.2) is 0 Å². The van der Waals surface area contributed by atoms with E-state index >= 15 is 0 Å². The summed E-state index contributed by atoms with van der Waals surface area (Å²) in [6.07, 6.45) is 6.90. The Labute approximate surface area is 125 Å². The van der Waals surface area contributed by atoms with E-state index in [2.05, 4.69) is 57.2 Å².